The molecule has 0 nitrogen and oxygen atoms in total. The van der Waals surface area contributed by atoms with Crippen LogP contribution in [0.4, 0.5) is 0 Å². The fraction of sp³-hybridized carbons (Fsp3) is 0.185. The molecule has 0 aliphatic heterocycles. The molecule has 28 heavy (non-hydrogen) atoms. The summed E-state index contributed by atoms with van der Waals surface area (Å²) in [6.07, 6.45) is 6.48. The van der Waals surface area contributed by atoms with Crippen molar-refractivity contribution in [2.75, 3.05) is 0 Å². The SMILES string of the molecule is C=CC(C)C(/C=C\C)c1cc(-c2cccc(-c3ccc(Br)cc3)c2)ccc1C. The van der Waals surface area contributed by atoms with E-state index in [9.17, 15) is 0 Å². The zero-order chi connectivity index (χ0) is 20.1. The highest BCUT2D eigenvalue weighted by Crippen LogP contribution is 2.34. The van der Waals surface area contributed by atoms with Crippen LogP contribution in [0.15, 0.2) is 96.0 Å². The average Bonchev–Trinajstić information content (AvgIpc) is 2.73. The molecule has 0 saturated carbocycles. The monoisotopic (exact) mass is 430 g/mol. The van der Waals surface area contributed by atoms with Crippen molar-refractivity contribution in [3.63, 3.8) is 0 Å². The maximum absolute atomic E-state index is 4.01. The Labute approximate surface area is 177 Å². The topological polar surface area (TPSA) is 0 Å². The predicted molar refractivity (Wildman–Crippen MR) is 127 cm³/mol. The van der Waals surface area contributed by atoms with Gasteiger partial charge in [0.05, 0.1) is 0 Å². The fourth-order valence-corrected chi connectivity index (χ4v) is 3.88. The van der Waals surface area contributed by atoms with Gasteiger partial charge in [0, 0.05) is 10.4 Å². The van der Waals surface area contributed by atoms with E-state index in [-0.39, 0.29) is 0 Å². The summed E-state index contributed by atoms with van der Waals surface area (Å²) in [7, 11) is 0. The van der Waals surface area contributed by atoms with Gasteiger partial charge in [0.1, 0.15) is 0 Å². The first kappa shape index (κ1) is 20.4. The Morgan fingerprint density at radius 2 is 1.46 bits per heavy atom. The van der Waals surface area contributed by atoms with E-state index in [0.717, 1.165) is 4.47 Å². The lowest BCUT2D eigenvalue weighted by Gasteiger charge is -2.21. The molecule has 0 heterocycles. The third-order valence-electron chi connectivity index (χ3n) is 5.35. The highest BCUT2D eigenvalue weighted by Gasteiger charge is 2.17. The van der Waals surface area contributed by atoms with Crippen molar-refractivity contribution in [1.82, 2.24) is 0 Å². The minimum absolute atomic E-state index is 0.345. The van der Waals surface area contributed by atoms with Gasteiger partial charge < -0.3 is 0 Å². The molecule has 0 amide bonds. The van der Waals surface area contributed by atoms with Gasteiger partial charge in [-0.25, -0.2) is 0 Å². The first-order chi connectivity index (χ1) is 13.5. The van der Waals surface area contributed by atoms with Gasteiger partial charge in [-0.15, -0.1) is 6.58 Å². The van der Waals surface area contributed by atoms with Crippen LogP contribution < -0.4 is 0 Å². The van der Waals surface area contributed by atoms with Gasteiger partial charge in [0.15, 0.2) is 0 Å². The summed E-state index contributed by atoms with van der Waals surface area (Å²) in [5.41, 5.74) is 7.65. The molecule has 2 atom stereocenters. The Balaban J connectivity index is 2.04. The molecule has 2 unspecified atom stereocenters. The maximum atomic E-state index is 4.01. The average molecular weight is 431 g/mol. The first-order valence-electron chi connectivity index (χ1n) is 9.75. The Bertz CT molecular complexity index is 979. The number of hydrogen-bond acceptors (Lipinski definition) is 0. The molecule has 3 rings (SSSR count). The predicted octanol–water partition coefficient (Wildman–Crippen LogP) is 8.57. The van der Waals surface area contributed by atoms with Gasteiger partial charge in [-0.2, -0.15) is 0 Å². The summed E-state index contributed by atoms with van der Waals surface area (Å²) < 4.78 is 1.10. The number of halogens is 1. The Morgan fingerprint density at radius 1 is 0.857 bits per heavy atom. The number of allylic oxidation sites excluding steroid dienone is 3. The molecule has 0 spiro atoms. The number of rotatable bonds is 6. The van der Waals surface area contributed by atoms with E-state index < -0.39 is 0 Å². The highest BCUT2D eigenvalue weighted by molar-refractivity contribution is 9.10. The molecule has 142 valence electrons. The molecule has 0 bridgehead atoms. The minimum atomic E-state index is 0.345. The number of hydrogen-bond donors (Lipinski definition) is 0. The molecule has 0 radical (unpaired) electrons. The molecule has 0 fully saturated rings. The van der Waals surface area contributed by atoms with Gasteiger partial charge in [0.2, 0.25) is 0 Å². The van der Waals surface area contributed by atoms with Crippen molar-refractivity contribution in [2.45, 2.75) is 26.7 Å². The maximum Gasteiger partial charge on any atom is 0.0175 e. The van der Waals surface area contributed by atoms with Crippen molar-refractivity contribution < 1.29 is 0 Å². The van der Waals surface area contributed by atoms with Crippen LogP contribution in [0.2, 0.25) is 0 Å². The zero-order valence-electron chi connectivity index (χ0n) is 16.8. The van der Waals surface area contributed by atoms with E-state index in [2.05, 4.69) is 122 Å². The smallest absolute Gasteiger partial charge is 0.0175 e. The van der Waals surface area contributed by atoms with E-state index in [1.165, 1.54) is 33.4 Å². The molecule has 3 aromatic rings. The van der Waals surface area contributed by atoms with Crippen LogP contribution in [0.5, 0.6) is 0 Å². The van der Waals surface area contributed by atoms with E-state index in [1.54, 1.807) is 0 Å². The van der Waals surface area contributed by atoms with Gasteiger partial charge in [-0.3, -0.25) is 0 Å². The second kappa shape index (κ2) is 9.21. The normalized spacial score (nSPS) is 13.4. The van der Waals surface area contributed by atoms with E-state index in [4.69, 9.17) is 0 Å². The second-order valence-corrected chi connectivity index (χ2v) is 8.22. The largest absolute Gasteiger partial charge is 0.103 e. The molecule has 0 N–H and O–H groups in total. The van der Waals surface area contributed by atoms with Gasteiger partial charge >= 0.3 is 0 Å². The van der Waals surface area contributed by atoms with E-state index >= 15 is 0 Å². The third-order valence-corrected chi connectivity index (χ3v) is 5.88. The van der Waals surface area contributed by atoms with Crippen molar-refractivity contribution in [1.29, 1.82) is 0 Å². The van der Waals surface area contributed by atoms with Crippen molar-refractivity contribution >= 4 is 15.9 Å². The number of aryl methyl sites for hydroxylation is 1. The molecular formula is C27H27Br. The van der Waals surface area contributed by atoms with Gasteiger partial charge in [-0.1, -0.05) is 89.6 Å². The Hall–Kier alpha value is -2.38. The lowest BCUT2D eigenvalue weighted by molar-refractivity contribution is 0.640. The number of benzene rings is 3. The van der Waals surface area contributed by atoms with E-state index in [0.29, 0.717) is 11.8 Å². The standard InChI is InChI=1S/C27H27Br/c1-5-8-26(19(3)6-2)27-18-24(12-11-20(27)4)23-10-7-9-22(17-23)21-13-15-25(28)16-14-21/h5-19,26H,2H2,1,3-4H3/b8-5-. The molecule has 0 aliphatic rings. The minimum Gasteiger partial charge on any atom is -0.103 e. The van der Waals surface area contributed by atoms with E-state index in [1.807, 2.05) is 6.08 Å². The van der Waals surface area contributed by atoms with Gasteiger partial charge in [0.25, 0.3) is 0 Å². The summed E-state index contributed by atoms with van der Waals surface area (Å²) >= 11 is 3.52. The molecular weight excluding hydrogens is 404 g/mol. The molecule has 0 saturated heterocycles. The van der Waals surface area contributed by atoms with Crippen molar-refractivity contribution in [2.24, 2.45) is 5.92 Å². The Kier molecular flexibility index (Phi) is 6.70. The van der Waals surface area contributed by atoms with Crippen LogP contribution in [0.1, 0.15) is 30.9 Å². The fourth-order valence-electron chi connectivity index (χ4n) is 3.62. The van der Waals surface area contributed by atoms with Crippen LogP contribution in [0, 0.1) is 12.8 Å². The first-order valence-corrected chi connectivity index (χ1v) is 10.5. The Morgan fingerprint density at radius 3 is 2.11 bits per heavy atom. The zero-order valence-corrected chi connectivity index (χ0v) is 18.4. The summed E-state index contributed by atoms with van der Waals surface area (Å²) in [5.74, 6) is 0.733. The van der Waals surface area contributed by atoms with Crippen LogP contribution in [0.3, 0.4) is 0 Å². The summed E-state index contributed by atoms with van der Waals surface area (Å²) in [6.45, 7) is 10.5. The van der Waals surface area contributed by atoms with Crippen molar-refractivity contribution in [3.8, 4) is 22.3 Å². The molecule has 3 aromatic carbocycles. The van der Waals surface area contributed by atoms with Gasteiger partial charge in [-0.05, 0) is 71.3 Å². The molecule has 0 aromatic heterocycles. The third kappa shape index (κ3) is 4.54. The summed E-state index contributed by atoms with van der Waals surface area (Å²) in [6, 6.07) is 24.1. The van der Waals surface area contributed by atoms with Crippen LogP contribution in [-0.2, 0) is 0 Å². The lowest BCUT2D eigenvalue weighted by atomic mass is 9.83. The van der Waals surface area contributed by atoms with Crippen molar-refractivity contribution in [3.05, 3.63) is 107 Å². The highest BCUT2D eigenvalue weighted by atomic mass is 79.9. The quantitative estimate of drug-likeness (QED) is 0.343. The molecule has 0 aliphatic carbocycles. The lowest BCUT2D eigenvalue weighted by Crippen LogP contribution is -2.07. The summed E-state index contributed by atoms with van der Waals surface area (Å²) in [5, 5.41) is 0. The van der Waals surface area contributed by atoms with Crippen LogP contribution in [-0.4, -0.2) is 0 Å². The molecule has 1 heteroatoms. The van der Waals surface area contributed by atoms with Crippen LogP contribution >= 0.6 is 15.9 Å². The summed E-state index contributed by atoms with van der Waals surface area (Å²) in [4.78, 5) is 0. The second-order valence-electron chi connectivity index (χ2n) is 7.31. The van der Waals surface area contributed by atoms with Crippen LogP contribution in [0.25, 0.3) is 22.3 Å².